The summed E-state index contributed by atoms with van der Waals surface area (Å²) >= 11 is 6.33. The molecule has 1 N–H and O–H groups in total. The first-order valence-electron chi connectivity index (χ1n) is 11.8. The van der Waals surface area contributed by atoms with Gasteiger partial charge in [-0.3, -0.25) is 13.9 Å². The zero-order valence-corrected chi connectivity index (χ0v) is 22.7. The first kappa shape index (κ1) is 28.7. The molecule has 35 heavy (non-hydrogen) atoms. The van der Waals surface area contributed by atoms with E-state index in [1.165, 1.54) is 9.21 Å². The fourth-order valence-electron chi connectivity index (χ4n) is 3.68. The van der Waals surface area contributed by atoms with E-state index < -0.39 is 16.1 Å². The normalized spacial score (nSPS) is 13.1. The number of nitrogens with one attached hydrogen (secondary N) is 1. The fourth-order valence-corrected chi connectivity index (χ4v) is 4.90. The number of hydrogen-bond acceptors (Lipinski definition) is 4. The van der Waals surface area contributed by atoms with Gasteiger partial charge in [0, 0.05) is 30.6 Å². The van der Waals surface area contributed by atoms with Crippen molar-refractivity contribution in [2.45, 2.75) is 65.6 Å². The Kier molecular flexibility index (Phi) is 10.6. The van der Waals surface area contributed by atoms with Crippen LogP contribution in [0.2, 0.25) is 5.02 Å². The van der Waals surface area contributed by atoms with Crippen LogP contribution in [0.25, 0.3) is 0 Å². The largest absolute Gasteiger partial charge is 0.352 e. The van der Waals surface area contributed by atoms with Crippen molar-refractivity contribution in [2.24, 2.45) is 0 Å². The number of carbonyl (C=O) groups is 2. The minimum atomic E-state index is -3.53. The fraction of sp³-hybridized carbons (Fsp3) is 0.462. The predicted molar refractivity (Wildman–Crippen MR) is 142 cm³/mol. The van der Waals surface area contributed by atoms with Gasteiger partial charge in [0.1, 0.15) is 6.04 Å². The van der Waals surface area contributed by atoms with Crippen molar-refractivity contribution in [3.05, 3.63) is 64.7 Å². The first-order chi connectivity index (χ1) is 16.5. The van der Waals surface area contributed by atoms with E-state index in [0.29, 0.717) is 17.1 Å². The third-order valence-electron chi connectivity index (χ3n) is 6.00. The second kappa shape index (κ2) is 12.9. The van der Waals surface area contributed by atoms with Crippen molar-refractivity contribution >= 4 is 39.1 Å². The monoisotopic (exact) mass is 521 g/mol. The van der Waals surface area contributed by atoms with Crippen LogP contribution in [0.3, 0.4) is 0 Å². The standard InChI is InChI=1S/C26H36ClN3O4S/c1-6-20(3)28-26(32)21(4)29(18-22-13-8-9-14-23(22)27)25(31)16-11-17-30(35(5,33)34)24-15-10-7-12-19(24)2/h7-10,12-15,20-21H,6,11,16-18H2,1-5H3,(H,28,32)/t20-,21+/m0/s1. The highest BCUT2D eigenvalue weighted by molar-refractivity contribution is 7.92. The maximum absolute atomic E-state index is 13.3. The van der Waals surface area contributed by atoms with Gasteiger partial charge in [-0.05, 0) is 56.9 Å². The second-order valence-corrected chi connectivity index (χ2v) is 11.1. The number of aryl methyl sites for hydroxylation is 1. The second-order valence-electron chi connectivity index (χ2n) is 8.83. The van der Waals surface area contributed by atoms with Gasteiger partial charge in [-0.25, -0.2) is 8.42 Å². The molecule has 0 aromatic heterocycles. The highest BCUT2D eigenvalue weighted by atomic mass is 35.5. The lowest BCUT2D eigenvalue weighted by Gasteiger charge is -2.30. The van der Waals surface area contributed by atoms with E-state index in [-0.39, 0.29) is 37.4 Å². The molecular weight excluding hydrogens is 486 g/mol. The molecule has 0 fully saturated rings. The summed E-state index contributed by atoms with van der Waals surface area (Å²) in [4.78, 5) is 27.7. The molecule has 0 aliphatic rings. The molecule has 0 bridgehead atoms. The number of para-hydroxylation sites is 1. The van der Waals surface area contributed by atoms with Crippen LogP contribution in [-0.4, -0.2) is 50.0 Å². The van der Waals surface area contributed by atoms with Crippen molar-refractivity contribution in [1.29, 1.82) is 0 Å². The molecule has 0 aliphatic heterocycles. The summed E-state index contributed by atoms with van der Waals surface area (Å²) < 4.78 is 26.3. The number of benzene rings is 2. The van der Waals surface area contributed by atoms with Gasteiger partial charge in [-0.1, -0.05) is 54.9 Å². The third kappa shape index (κ3) is 8.25. The van der Waals surface area contributed by atoms with Crippen LogP contribution in [0.15, 0.2) is 48.5 Å². The van der Waals surface area contributed by atoms with E-state index in [1.54, 1.807) is 25.1 Å². The van der Waals surface area contributed by atoms with Gasteiger partial charge in [0.05, 0.1) is 11.9 Å². The van der Waals surface area contributed by atoms with Crippen molar-refractivity contribution in [3.8, 4) is 0 Å². The Labute approximate surface area is 214 Å². The van der Waals surface area contributed by atoms with Crippen LogP contribution in [0.5, 0.6) is 0 Å². The maximum Gasteiger partial charge on any atom is 0.242 e. The Morgan fingerprint density at radius 3 is 2.29 bits per heavy atom. The number of rotatable bonds is 12. The number of amides is 2. The quantitative estimate of drug-likeness (QED) is 0.444. The van der Waals surface area contributed by atoms with E-state index in [9.17, 15) is 18.0 Å². The topological polar surface area (TPSA) is 86.8 Å². The van der Waals surface area contributed by atoms with Gasteiger partial charge in [0.2, 0.25) is 21.8 Å². The van der Waals surface area contributed by atoms with Crippen LogP contribution < -0.4 is 9.62 Å². The van der Waals surface area contributed by atoms with Crippen molar-refractivity contribution in [2.75, 3.05) is 17.1 Å². The average molecular weight is 522 g/mol. The highest BCUT2D eigenvalue weighted by Gasteiger charge is 2.27. The molecule has 0 unspecified atom stereocenters. The Balaban J connectivity index is 2.20. The van der Waals surface area contributed by atoms with E-state index in [1.807, 2.05) is 51.1 Å². The lowest BCUT2D eigenvalue weighted by molar-refractivity contribution is -0.140. The Hall–Kier alpha value is -2.58. The summed E-state index contributed by atoms with van der Waals surface area (Å²) in [6, 6.07) is 13.7. The van der Waals surface area contributed by atoms with Crippen LogP contribution in [0.1, 0.15) is 51.2 Å². The van der Waals surface area contributed by atoms with E-state index in [0.717, 1.165) is 23.8 Å². The first-order valence-corrected chi connectivity index (χ1v) is 14.0. The summed E-state index contributed by atoms with van der Waals surface area (Å²) in [5.41, 5.74) is 2.17. The molecule has 0 heterocycles. The summed E-state index contributed by atoms with van der Waals surface area (Å²) in [5.74, 6) is -0.479. The van der Waals surface area contributed by atoms with Crippen molar-refractivity contribution in [1.82, 2.24) is 10.2 Å². The SMILES string of the molecule is CC[C@H](C)NC(=O)[C@@H](C)N(Cc1ccccc1Cl)C(=O)CCCN(c1ccccc1C)S(C)(=O)=O. The minimum absolute atomic E-state index is 0.0142. The van der Waals surface area contributed by atoms with Crippen LogP contribution >= 0.6 is 11.6 Å². The molecule has 0 aliphatic carbocycles. The average Bonchev–Trinajstić information content (AvgIpc) is 2.80. The molecule has 9 heteroatoms. The molecule has 0 saturated heterocycles. The Morgan fingerprint density at radius 2 is 1.69 bits per heavy atom. The van der Waals surface area contributed by atoms with Gasteiger partial charge >= 0.3 is 0 Å². The molecule has 0 radical (unpaired) electrons. The molecule has 2 atom stereocenters. The van der Waals surface area contributed by atoms with E-state index in [4.69, 9.17) is 11.6 Å². The molecule has 2 amide bonds. The summed E-state index contributed by atoms with van der Waals surface area (Å²) in [5, 5.41) is 3.45. The van der Waals surface area contributed by atoms with Crippen LogP contribution in [0, 0.1) is 6.92 Å². The van der Waals surface area contributed by atoms with Crippen molar-refractivity contribution < 1.29 is 18.0 Å². The number of anilines is 1. The molecule has 0 spiro atoms. The van der Waals surface area contributed by atoms with Gasteiger partial charge in [0.15, 0.2) is 0 Å². The molecule has 192 valence electrons. The molecule has 0 saturated carbocycles. The molecule has 2 aromatic carbocycles. The molecule has 7 nitrogen and oxygen atoms in total. The lowest BCUT2D eigenvalue weighted by Crippen LogP contribution is -2.49. The van der Waals surface area contributed by atoms with Gasteiger partial charge in [0.25, 0.3) is 0 Å². The predicted octanol–water partition coefficient (Wildman–Crippen LogP) is 4.53. The van der Waals surface area contributed by atoms with Gasteiger partial charge in [-0.2, -0.15) is 0 Å². The Bertz CT molecular complexity index is 1120. The maximum atomic E-state index is 13.3. The lowest BCUT2D eigenvalue weighted by atomic mass is 10.1. The number of halogens is 1. The van der Waals surface area contributed by atoms with Crippen molar-refractivity contribution in [3.63, 3.8) is 0 Å². The third-order valence-corrected chi connectivity index (χ3v) is 7.55. The summed E-state index contributed by atoms with van der Waals surface area (Å²) in [7, 11) is -3.53. The zero-order valence-electron chi connectivity index (χ0n) is 21.1. The van der Waals surface area contributed by atoms with Crippen LogP contribution in [-0.2, 0) is 26.2 Å². The highest BCUT2D eigenvalue weighted by Crippen LogP contribution is 2.23. The summed E-state index contributed by atoms with van der Waals surface area (Å²) in [6.07, 6.45) is 2.33. The number of sulfonamides is 1. The number of carbonyl (C=O) groups excluding carboxylic acids is 2. The molecule has 2 rings (SSSR count). The van der Waals surface area contributed by atoms with Gasteiger partial charge < -0.3 is 10.2 Å². The smallest absolute Gasteiger partial charge is 0.242 e. The molecule has 2 aromatic rings. The number of hydrogen-bond donors (Lipinski definition) is 1. The van der Waals surface area contributed by atoms with Crippen LogP contribution in [0.4, 0.5) is 5.69 Å². The van der Waals surface area contributed by atoms with Gasteiger partial charge in [-0.15, -0.1) is 0 Å². The Morgan fingerprint density at radius 1 is 1.06 bits per heavy atom. The summed E-state index contributed by atoms with van der Waals surface area (Å²) in [6.45, 7) is 7.77. The minimum Gasteiger partial charge on any atom is -0.352 e. The number of nitrogens with zero attached hydrogens (tertiary/aromatic N) is 2. The molecular formula is C26H36ClN3O4S. The van der Waals surface area contributed by atoms with E-state index >= 15 is 0 Å². The van der Waals surface area contributed by atoms with E-state index in [2.05, 4.69) is 5.32 Å². The zero-order chi connectivity index (χ0) is 26.2.